The number of ketones is 1. The highest BCUT2D eigenvalue weighted by Crippen LogP contribution is 2.28. The summed E-state index contributed by atoms with van der Waals surface area (Å²) in [6.07, 6.45) is 7.60. The highest BCUT2D eigenvalue weighted by atomic mass is 35.5. The number of halogens is 2. The van der Waals surface area contributed by atoms with Gasteiger partial charge in [-0.2, -0.15) is 0 Å². The summed E-state index contributed by atoms with van der Waals surface area (Å²) in [7, 11) is 0. The quantitative estimate of drug-likeness (QED) is 0.353. The number of hydrogen-bond acceptors (Lipinski definition) is 3. The van der Waals surface area contributed by atoms with Gasteiger partial charge in [-0.3, -0.25) is 14.6 Å². The van der Waals surface area contributed by atoms with Gasteiger partial charge in [0.2, 0.25) is 0 Å². The van der Waals surface area contributed by atoms with Crippen molar-refractivity contribution in [1.82, 2.24) is 9.55 Å². The van der Waals surface area contributed by atoms with E-state index in [4.69, 9.17) is 23.2 Å². The minimum atomic E-state index is -0.0994. The molecule has 1 atom stereocenters. The molecule has 0 bridgehead atoms. The number of aromatic nitrogens is 2. The van der Waals surface area contributed by atoms with Crippen molar-refractivity contribution in [2.24, 2.45) is 5.92 Å². The molecule has 0 fully saturated rings. The predicted molar refractivity (Wildman–Crippen MR) is 133 cm³/mol. The van der Waals surface area contributed by atoms with Crippen molar-refractivity contribution in [3.63, 3.8) is 0 Å². The molecule has 3 aromatic rings. The molecular weight excluding hydrogens is 443 g/mol. The number of hydrogen-bond donors (Lipinski definition) is 0. The van der Waals surface area contributed by atoms with Crippen molar-refractivity contribution in [3.8, 4) is 0 Å². The van der Waals surface area contributed by atoms with Crippen molar-refractivity contribution in [2.75, 3.05) is 0 Å². The van der Waals surface area contributed by atoms with Crippen LogP contribution >= 0.6 is 23.2 Å². The number of carbonyl (C=O) groups excluding carboxylic acids is 1. The van der Waals surface area contributed by atoms with Gasteiger partial charge in [0.05, 0.1) is 6.54 Å². The summed E-state index contributed by atoms with van der Waals surface area (Å²) in [5, 5.41) is 1.10. The zero-order valence-electron chi connectivity index (χ0n) is 19.1. The lowest BCUT2D eigenvalue weighted by molar-refractivity contribution is 0.0927. The molecule has 0 saturated heterocycles. The van der Waals surface area contributed by atoms with Gasteiger partial charge in [-0.25, -0.2) is 0 Å². The molecule has 0 N–H and O–H groups in total. The average molecular weight is 473 g/mol. The predicted octanol–water partition coefficient (Wildman–Crippen LogP) is 6.83. The van der Waals surface area contributed by atoms with Crippen LogP contribution < -0.4 is 5.56 Å². The van der Waals surface area contributed by atoms with E-state index in [1.165, 1.54) is 12.5 Å². The maximum atomic E-state index is 12.4. The first-order valence-electron chi connectivity index (χ1n) is 10.9. The Morgan fingerprint density at radius 1 is 1.03 bits per heavy atom. The Labute approximate surface area is 200 Å². The van der Waals surface area contributed by atoms with Gasteiger partial charge in [0, 0.05) is 52.6 Å². The monoisotopic (exact) mass is 472 g/mol. The second-order valence-electron chi connectivity index (χ2n) is 7.84. The third kappa shape index (κ3) is 7.04. The van der Waals surface area contributed by atoms with Crippen molar-refractivity contribution in [1.29, 1.82) is 0 Å². The van der Waals surface area contributed by atoms with Crippen molar-refractivity contribution in [3.05, 3.63) is 97.6 Å². The van der Waals surface area contributed by atoms with E-state index in [-0.39, 0.29) is 17.3 Å². The van der Waals surface area contributed by atoms with Gasteiger partial charge in [0.15, 0.2) is 5.78 Å². The maximum absolute atomic E-state index is 12.4. The maximum Gasteiger partial charge on any atom is 0.250 e. The molecule has 1 unspecified atom stereocenters. The zero-order valence-corrected chi connectivity index (χ0v) is 20.6. The van der Waals surface area contributed by atoms with Gasteiger partial charge in [0.25, 0.3) is 5.56 Å². The fraction of sp³-hybridized carbons (Fsp3) is 0.346. The Morgan fingerprint density at radius 3 is 2.34 bits per heavy atom. The van der Waals surface area contributed by atoms with E-state index >= 15 is 0 Å². The minimum Gasteiger partial charge on any atom is -0.311 e. The number of benzene rings is 1. The molecule has 2 aromatic heterocycles. The average Bonchev–Trinajstić information content (AvgIpc) is 2.78. The van der Waals surface area contributed by atoms with E-state index in [0.717, 1.165) is 23.1 Å². The van der Waals surface area contributed by atoms with Gasteiger partial charge in [-0.15, -0.1) is 0 Å². The molecule has 3 rings (SSSR count). The van der Waals surface area contributed by atoms with Crippen LogP contribution in [0.1, 0.15) is 67.6 Å². The van der Waals surface area contributed by atoms with E-state index in [1.54, 1.807) is 41.4 Å². The third-order valence-electron chi connectivity index (χ3n) is 4.99. The highest BCUT2D eigenvalue weighted by Gasteiger charge is 2.15. The minimum absolute atomic E-state index is 0.0363. The number of nitrogens with zero attached hydrogens (tertiary/aromatic N) is 2. The van der Waals surface area contributed by atoms with E-state index in [0.29, 0.717) is 28.6 Å². The molecule has 6 heteroatoms. The molecule has 0 aliphatic heterocycles. The summed E-state index contributed by atoms with van der Waals surface area (Å²) in [6.45, 7) is 8.51. The van der Waals surface area contributed by atoms with Crippen LogP contribution in [0.2, 0.25) is 10.0 Å². The largest absolute Gasteiger partial charge is 0.311 e. The SMILES string of the molecule is CCC.CCC(C)C(=O)c1cncc(Cc2cc(Cl)c(Cn3ccccc3=O)cc2Cl)c1. The Morgan fingerprint density at radius 2 is 1.69 bits per heavy atom. The van der Waals surface area contributed by atoms with Gasteiger partial charge in [0.1, 0.15) is 0 Å². The number of pyridine rings is 2. The fourth-order valence-corrected chi connectivity index (χ4v) is 3.57. The molecule has 32 heavy (non-hydrogen) atoms. The summed E-state index contributed by atoms with van der Waals surface area (Å²) in [5.74, 6) is 0.0559. The first kappa shape index (κ1) is 25.8. The lowest BCUT2D eigenvalue weighted by atomic mass is 9.96. The molecule has 0 aliphatic rings. The Bertz CT molecular complexity index is 1110. The molecule has 0 spiro atoms. The van der Waals surface area contributed by atoms with Gasteiger partial charge in [-0.05, 0) is 47.4 Å². The molecule has 170 valence electrons. The fourth-order valence-electron chi connectivity index (χ4n) is 3.07. The molecular formula is C26H30Cl2N2O2. The third-order valence-corrected chi connectivity index (χ3v) is 5.69. The Kier molecular flexibility index (Phi) is 10.1. The first-order chi connectivity index (χ1) is 15.3. The van der Waals surface area contributed by atoms with Crippen LogP contribution in [0.3, 0.4) is 0 Å². The van der Waals surface area contributed by atoms with Gasteiger partial charge < -0.3 is 4.57 Å². The van der Waals surface area contributed by atoms with E-state index in [1.807, 2.05) is 26.0 Å². The smallest absolute Gasteiger partial charge is 0.250 e. The van der Waals surface area contributed by atoms with Gasteiger partial charge >= 0.3 is 0 Å². The number of rotatable bonds is 7. The summed E-state index contributed by atoms with van der Waals surface area (Å²) in [5.41, 5.74) is 3.02. The summed E-state index contributed by atoms with van der Waals surface area (Å²) in [6, 6.07) is 10.5. The summed E-state index contributed by atoms with van der Waals surface area (Å²) < 4.78 is 1.57. The molecule has 0 radical (unpaired) electrons. The van der Waals surface area contributed by atoms with Crippen molar-refractivity contribution in [2.45, 2.75) is 53.5 Å². The summed E-state index contributed by atoms with van der Waals surface area (Å²) in [4.78, 5) is 28.6. The molecule has 2 heterocycles. The van der Waals surface area contributed by atoms with Crippen LogP contribution in [-0.2, 0) is 13.0 Å². The first-order valence-corrected chi connectivity index (χ1v) is 11.7. The van der Waals surface area contributed by atoms with E-state index < -0.39 is 0 Å². The molecule has 4 nitrogen and oxygen atoms in total. The van der Waals surface area contributed by atoms with Crippen LogP contribution in [0.5, 0.6) is 0 Å². The number of carbonyl (C=O) groups is 1. The second kappa shape index (κ2) is 12.6. The topological polar surface area (TPSA) is 52.0 Å². The molecule has 0 aliphatic carbocycles. The van der Waals surface area contributed by atoms with Crippen LogP contribution in [0, 0.1) is 5.92 Å². The van der Waals surface area contributed by atoms with E-state index in [2.05, 4.69) is 18.8 Å². The van der Waals surface area contributed by atoms with Crippen LogP contribution in [-0.4, -0.2) is 15.3 Å². The second-order valence-corrected chi connectivity index (χ2v) is 8.66. The van der Waals surface area contributed by atoms with Crippen LogP contribution in [0.25, 0.3) is 0 Å². The normalized spacial score (nSPS) is 11.4. The van der Waals surface area contributed by atoms with Gasteiger partial charge in [-0.1, -0.05) is 63.4 Å². The lowest BCUT2D eigenvalue weighted by Crippen LogP contribution is -2.18. The van der Waals surface area contributed by atoms with E-state index in [9.17, 15) is 9.59 Å². The zero-order chi connectivity index (χ0) is 23.7. The highest BCUT2D eigenvalue weighted by molar-refractivity contribution is 6.34. The lowest BCUT2D eigenvalue weighted by Gasteiger charge is -2.12. The number of Topliss-reactive ketones (excluding diaryl/α,β-unsaturated/α-hetero) is 1. The van der Waals surface area contributed by atoms with Crippen LogP contribution in [0.4, 0.5) is 0 Å². The summed E-state index contributed by atoms with van der Waals surface area (Å²) >= 11 is 13.0. The molecule has 0 saturated carbocycles. The van der Waals surface area contributed by atoms with Crippen molar-refractivity contribution < 1.29 is 4.79 Å². The van der Waals surface area contributed by atoms with Crippen molar-refractivity contribution >= 4 is 29.0 Å². The standard InChI is InChI=1S/C23H22Cl2N2O2.C3H8/c1-3-15(2)23(29)18-9-16(12-26-13-18)8-17-10-21(25)19(11-20(17)24)14-27-7-5-4-6-22(27)28;1-3-2/h4-7,9-13,15H,3,8,14H2,1-2H3;3H2,1-2H3. The van der Waals surface area contributed by atoms with Crippen LogP contribution in [0.15, 0.2) is 59.8 Å². The molecule has 1 aromatic carbocycles. The molecule has 0 amide bonds. The Balaban J connectivity index is 0.00000114. The Hall–Kier alpha value is -2.43.